The van der Waals surface area contributed by atoms with Crippen LogP contribution in [0.1, 0.15) is 12.8 Å². The first kappa shape index (κ1) is 7.54. The van der Waals surface area contributed by atoms with Crippen LogP contribution in [0.3, 0.4) is 0 Å². The van der Waals surface area contributed by atoms with Gasteiger partial charge in [-0.25, -0.2) is 0 Å². The van der Waals surface area contributed by atoms with Gasteiger partial charge in [-0.05, 0) is 30.1 Å². The molecule has 0 aliphatic heterocycles. The van der Waals surface area contributed by atoms with Gasteiger partial charge in [0.25, 0.3) is 0 Å². The van der Waals surface area contributed by atoms with Gasteiger partial charge >= 0.3 is 0 Å². The van der Waals surface area contributed by atoms with Crippen LogP contribution in [0.4, 0.5) is 0 Å². The first-order valence-electron chi connectivity index (χ1n) is 5.15. The van der Waals surface area contributed by atoms with E-state index in [0.717, 1.165) is 6.42 Å². The maximum absolute atomic E-state index is 11.7. The molecule has 2 bridgehead atoms. The Bertz CT molecular complexity index is 302. The molecular formula is C12H14O. The standard InChI is InChI=1S/C12H14O/c1-2-7-6-10(13)12-9-4-3-8(5-9)11(7)12/h2-4,7-9,11-12H,1,5-6H2/t7-,8+,9-,11-,12-/m1/s1. The van der Waals surface area contributed by atoms with E-state index in [-0.39, 0.29) is 0 Å². The van der Waals surface area contributed by atoms with Gasteiger partial charge < -0.3 is 0 Å². The highest BCUT2D eigenvalue weighted by molar-refractivity contribution is 5.85. The minimum atomic E-state index is 0.359. The summed E-state index contributed by atoms with van der Waals surface area (Å²) in [6.45, 7) is 3.84. The van der Waals surface area contributed by atoms with E-state index in [2.05, 4.69) is 18.7 Å². The molecule has 2 fully saturated rings. The molecule has 0 aromatic heterocycles. The van der Waals surface area contributed by atoms with Crippen LogP contribution < -0.4 is 0 Å². The van der Waals surface area contributed by atoms with Crippen LogP contribution in [0.2, 0.25) is 0 Å². The summed E-state index contributed by atoms with van der Waals surface area (Å²) in [5.41, 5.74) is 0. The Morgan fingerprint density at radius 2 is 2.15 bits per heavy atom. The number of allylic oxidation sites excluding steroid dienone is 3. The quantitative estimate of drug-likeness (QED) is 0.557. The first-order chi connectivity index (χ1) is 6.31. The summed E-state index contributed by atoms with van der Waals surface area (Å²) in [5, 5.41) is 0. The summed E-state index contributed by atoms with van der Waals surface area (Å²) in [7, 11) is 0. The molecule has 0 spiro atoms. The number of fused-ring (bicyclic) bond motifs is 5. The Morgan fingerprint density at radius 1 is 1.38 bits per heavy atom. The summed E-state index contributed by atoms with van der Waals surface area (Å²) < 4.78 is 0. The van der Waals surface area contributed by atoms with Crippen LogP contribution >= 0.6 is 0 Å². The van der Waals surface area contributed by atoms with Crippen molar-refractivity contribution in [1.29, 1.82) is 0 Å². The van der Waals surface area contributed by atoms with Crippen LogP contribution in [0, 0.1) is 29.6 Å². The monoisotopic (exact) mass is 174 g/mol. The highest BCUT2D eigenvalue weighted by atomic mass is 16.1. The van der Waals surface area contributed by atoms with Crippen molar-refractivity contribution in [2.45, 2.75) is 12.8 Å². The predicted molar refractivity (Wildman–Crippen MR) is 51.0 cm³/mol. The van der Waals surface area contributed by atoms with Gasteiger partial charge in [-0.3, -0.25) is 4.79 Å². The van der Waals surface area contributed by atoms with Gasteiger partial charge in [0.2, 0.25) is 0 Å². The molecule has 3 rings (SSSR count). The molecule has 0 heterocycles. The SMILES string of the molecule is C=C[C@@H]1CC(=O)[C@@H]2[C@H]1[C@H]1C=C[C@@H]2C1. The molecule has 3 aliphatic rings. The highest BCUT2D eigenvalue weighted by Gasteiger charge is 2.54. The second kappa shape index (κ2) is 2.34. The van der Waals surface area contributed by atoms with E-state index in [9.17, 15) is 4.79 Å². The zero-order chi connectivity index (χ0) is 9.00. The smallest absolute Gasteiger partial charge is 0.137 e. The number of carbonyl (C=O) groups excluding carboxylic acids is 1. The van der Waals surface area contributed by atoms with Crippen molar-refractivity contribution in [2.75, 3.05) is 0 Å². The van der Waals surface area contributed by atoms with Crippen LogP contribution in [0.5, 0.6) is 0 Å². The third-order valence-corrected chi connectivity index (χ3v) is 4.13. The van der Waals surface area contributed by atoms with Crippen molar-refractivity contribution in [2.24, 2.45) is 29.6 Å². The maximum atomic E-state index is 11.7. The molecule has 0 amide bonds. The van der Waals surface area contributed by atoms with Crippen LogP contribution in [0.25, 0.3) is 0 Å². The van der Waals surface area contributed by atoms with Crippen LogP contribution in [0.15, 0.2) is 24.8 Å². The molecule has 0 aromatic carbocycles. The third kappa shape index (κ3) is 0.800. The van der Waals surface area contributed by atoms with Gasteiger partial charge in [0.05, 0.1) is 0 Å². The molecule has 3 aliphatic carbocycles. The maximum Gasteiger partial charge on any atom is 0.137 e. The van der Waals surface area contributed by atoms with Crippen LogP contribution in [-0.4, -0.2) is 5.78 Å². The lowest BCUT2D eigenvalue weighted by atomic mass is 9.81. The van der Waals surface area contributed by atoms with Crippen molar-refractivity contribution in [1.82, 2.24) is 0 Å². The Kier molecular flexibility index (Phi) is 1.36. The van der Waals surface area contributed by atoms with Gasteiger partial charge in [0.1, 0.15) is 5.78 Å². The van der Waals surface area contributed by atoms with Crippen LogP contribution in [-0.2, 0) is 4.79 Å². The predicted octanol–water partition coefficient (Wildman–Crippen LogP) is 2.20. The third-order valence-electron chi connectivity index (χ3n) is 4.13. The molecule has 1 heteroatoms. The zero-order valence-electron chi connectivity index (χ0n) is 7.65. The lowest BCUT2D eigenvalue weighted by Crippen LogP contribution is -2.21. The second-order valence-electron chi connectivity index (χ2n) is 4.62. The molecular weight excluding hydrogens is 160 g/mol. The molecule has 0 radical (unpaired) electrons. The van der Waals surface area contributed by atoms with E-state index in [1.165, 1.54) is 6.42 Å². The molecule has 2 saturated carbocycles. The van der Waals surface area contributed by atoms with Gasteiger partial charge in [-0.2, -0.15) is 0 Å². The largest absolute Gasteiger partial charge is 0.299 e. The number of carbonyl (C=O) groups is 1. The Balaban J connectivity index is 2.01. The summed E-state index contributed by atoms with van der Waals surface area (Å²) in [6.07, 6.45) is 8.56. The lowest BCUT2D eigenvalue weighted by Gasteiger charge is -2.22. The first-order valence-corrected chi connectivity index (χ1v) is 5.15. The average Bonchev–Trinajstić information content (AvgIpc) is 2.76. The minimum absolute atomic E-state index is 0.359. The number of ketones is 1. The van der Waals surface area contributed by atoms with Crippen molar-refractivity contribution >= 4 is 5.78 Å². The molecule has 68 valence electrons. The summed E-state index contributed by atoms with van der Waals surface area (Å²) in [4.78, 5) is 11.7. The van der Waals surface area contributed by atoms with E-state index in [0.29, 0.717) is 35.4 Å². The topological polar surface area (TPSA) is 17.1 Å². The van der Waals surface area contributed by atoms with Gasteiger partial charge in [0, 0.05) is 12.3 Å². The van der Waals surface area contributed by atoms with Gasteiger partial charge in [-0.1, -0.05) is 18.2 Å². The highest BCUT2D eigenvalue weighted by Crippen LogP contribution is 2.56. The second-order valence-corrected chi connectivity index (χ2v) is 4.62. The molecule has 5 atom stereocenters. The van der Waals surface area contributed by atoms with E-state index in [4.69, 9.17) is 0 Å². The summed E-state index contributed by atoms with van der Waals surface area (Å²) in [6, 6.07) is 0. The Morgan fingerprint density at radius 3 is 2.92 bits per heavy atom. The molecule has 0 saturated heterocycles. The number of Topliss-reactive ketones (excluding diaryl/α,β-unsaturated/α-hetero) is 1. The van der Waals surface area contributed by atoms with Gasteiger partial charge in [-0.15, -0.1) is 6.58 Å². The number of hydrogen-bond donors (Lipinski definition) is 0. The van der Waals surface area contributed by atoms with E-state index < -0.39 is 0 Å². The molecule has 0 unspecified atom stereocenters. The summed E-state index contributed by atoms with van der Waals surface area (Å²) in [5.74, 6) is 3.19. The van der Waals surface area contributed by atoms with E-state index in [1.54, 1.807) is 0 Å². The summed E-state index contributed by atoms with van der Waals surface area (Å²) >= 11 is 0. The lowest BCUT2D eigenvalue weighted by molar-refractivity contribution is -0.121. The molecule has 0 N–H and O–H groups in total. The Hall–Kier alpha value is -0.850. The normalized spacial score (nSPS) is 51.4. The fourth-order valence-electron chi connectivity index (χ4n) is 3.64. The van der Waals surface area contributed by atoms with E-state index >= 15 is 0 Å². The number of hydrogen-bond acceptors (Lipinski definition) is 1. The van der Waals surface area contributed by atoms with Gasteiger partial charge in [0.15, 0.2) is 0 Å². The number of rotatable bonds is 1. The van der Waals surface area contributed by atoms with Crippen molar-refractivity contribution in [3.8, 4) is 0 Å². The Labute approximate surface area is 78.5 Å². The zero-order valence-corrected chi connectivity index (χ0v) is 7.65. The fraction of sp³-hybridized carbons (Fsp3) is 0.583. The average molecular weight is 174 g/mol. The fourth-order valence-corrected chi connectivity index (χ4v) is 3.64. The molecule has 13 heavy (non-hydrogen) atoms. The molecule has 0 aromatic rings. The van der Waals surface area contributed by atoms with Crippen molar-refractivity contribution in [3.63, 3.8) is 0 Å². The molecule has 1 nitrogen and oxygen atoms in total. The minimum Gasteiger partial charge on any atom is -0.299 e. The van der Waals surface area contributed by atoms with E-state index in [1.807, 2.05) is 6.08 Å². The van der Waals surface area contributed by atoms with Crippen molar-refractivity contribution < 1.29 is 4.79 Å². The van der Waals surface area contributed by atoms with Crippen molar-refractivity contribution in [3.05, 3.63) is 24.8 Å².